The highest BCUT2D eigenvalue weighted by molar-refractivity contribution is 5.89. The molecule has 3 fully saturated rings. The van der Waals surface area contributed by atoms with Gasteiger partial charge in [0, 0.05) is 6.54 Å². The molecule has 1 atom stereocenters. The predicted octanol–water partition coefficient (Wildman–Crippen LogP) is 2.66. The SMILES string of the molecule is CCCC1NC2(CCCC2)C(=O)N1CC1CCC1. The first-order valence-electron chi connectivity index (χ1n) is 7.84. The zero-order chi connectivity index (χ0) is 12.6. The van der Waals surface area contributed by atoms with E-state index < -0.39 is 0 Å². The first-order valence-corrected chi connectivity index (χ1v) is 7.84. The summed E-state index contributed by atoms with van der Waals surface area (Å²) in [6, 6.07) is 0. The van der Waals surface area contributed by atoms with Gasteiger partial charge in [-0.1, -0.05) is 32.6 Å². The van der Waals surface area contributed by atoms with Gasteiger partial charge in [0.1, 0.15) is 0 Å². The molecule has 1 amide bonds. The predicted molar refractivity (Wildman–Crippen MR) is 72.1 cm³/mol. The summed E-state index contributed by atoms with van der Waals surface area (Å²) in [6.45, 7) is 3.23. The number of hydrogen-bond donors (Lipinski definition) is 1. The second-order valence-corrected chi connectivity index (χ2v) is 6.49. The van der Waals surface area contributed by atoms with Crippen molar-refractivity contribution < 1.29 is 4.79 Å². The number of hydrogen-bond acceptors (Lipinski definition) is 2. The summed E-state index contributed by atoms with van der Waals surface area (Å²) >= 11 is 0. The van der Waals surface area contributed by atoms with Crippen molar-refractivity contribution in [3.8, 4) is 0 Å². The summed E-state index contributed by atoms with van der Waals surface area (Å²) in [7, 11) is 0. The third-order valence-corrected chi connectivity index (χ3v) is 5.19. The van der Waals surface area contributed by atoms with Gasteiger partial charge in [-0.3, -0.25) is 10.1 Å². The van der Waals surface area contributed by atoms with Crippen molar-refractivity contribution in [1.29, 1.82) is 0 Å². The highest BCUT2D eigenvalue weighted by Gasteiger charge is 2.52. The van der Waals surface area contributed by atoms with E-state index in [4.69, 9.17) is 0 Å². The van der Waals surface area contributed by atoms with Crippen LogP contribution in [0.15, 0.2) is 0 Å². The highest BCUT2D eigenvalue weighted by atomic mass is 16.2. The Morgan fingerprint density at radius 1 is 1.28 bits per heavy atom. The molecule has 3 rings (SSSR count). The van der Waals surface area contributed by atoms with Gasteiger partial charge in [0.2, 0.25) is 5.91 Å². The maximum absolute atomic E-state index is 12.8. The molecule has 1 saturated heterocycles. The van der Waals surface area contributed by atoms with Crippen LogP contribution in [0.3, 0.4) is 0 Å². The van der Waals surface area contributed by atoms with E-state index in [0.29, 0.717) is 12.1 Å². The van der Waals surface area contributed by atoms with E-state index in [0.717, 1.165) is 38.1 Å². The summed E-state index contributed by atoms with van der Waals surface area (Å²) in [4.78, 5) is 14.9. The van der Waals surface area contributed by atoms with Crippen LogP contribution in [0.2, 0.25) is 0 Å². The van der Waals surface area contributed by atoms with E-state index in [1.165, 1.54) is 32.1 Å². The average Bonchev–Trinajstić information content (AvgIpc) is 2.85. The van der Waals surface area contributed by atoms with Gasteiger partial charge >= 0.3 is 0 Å². The molecule has 2 saturated carbocycles. The van der Waals surface area contributed by atoms with Crippen LogP contribution in [0.5, 0.6) is 0 Å². The van der Waals surface area contributed by atoms with Crippen molar-refractivity contribution in [2.75, 3.05) is 6.54 Å². The third kappa shape index (κ3) is 1.97. The topological polar surface area (TPSA) is 32.3 Å². The van der Waals surface area contributed by atoms with Gasteiger partial charge in [0.05, 0.1) is 11.7 Å². The summed E-state index contributed by atoms with van der Waals surface area (Å²) < 4.78 is 0. The van der Waals surface area contributed by atoms with Gasteiger partial charge in [-0.25, -0.2) is 0 Å². The van der Waals surface area contributed by atoms with E-state index in [1.807, 2.05) is 0 Å². The van der Waals surface area contributed by atoms with Gasteiger partial charge in [-0.05, 0) is 38.0 Å². The van der Waals surface area contributed by atoms with E-state index in [1.54, 1.807) is 0 Å². The second kappa shape index (κ2) is 4.84. The van der Waals surface area contributed by atoms with Crippen molar-refractivity contribution in [3.63, 3.8) is 0 Å². The molecule has 0 aromatic carbocycles. The van der Waals surface area contributed by atoms with Crippen molar-refractivity contribution in [1.82, 2.24) is 10.2 Å². The van der Waals surface area contributed by atoms with Crippen molar-refractivity contribution in [2.24, 2.45) is 5.92 Å². The number of nitrogens with zero attached hydrogens (tertiary/aromatic N) is 1. The van der Waals surface area contributed by atoms with E-state index in [9.17, 15) is 4.79 Å². The van der Waals surface area contributed by atoms with Crippen LogP contribution < -0.4 is 5.32 Å². The summed E-state index contributed by atoms with van der Waals surface area (Å²) in [6.07, 6.45) is 11.2. The lowest BCUT2D eigenvalue weighted by Crippen LogP contribution is -2.44. The quantitative estimate of drug-likeness (QED) is 0.832. The number of amides is 1. The Balaban J connectivity index is 1.73. The third-order valence-electron chi connectivity index (χ3n) is 5.19. The van der Waals surface area contributed by atoms with Crippen LogP contribution in [0.25, 0.3) is 0 Å². The molecular formula is C15H26N2O. The molecule has 0 radical (unpaired) electrons. The standard InChI is InChI=1S/C15H26N2O/c1-2-6-13-16-15(9-3-4-10-15)14(18)17(13)11-12-7-5-8-12/h12-13,16H,2-11H2,1H3. The van der Waals surface area contributed by atoms with E-state index in [-0.39, 0.29) is 5.54 Å². The minimum Gasteiger partial charge on any atom is -0.325 e. The molecule has 2 aliphatic carbocycles. The van der Waals surface area contributed by atoms with Crippen molar-refractivity contribution in [2.45, 2.75) is 76.4 Å². The van der Waals surface area contributed by atoms with Gasteiger partial charge in [0.25, 0.3) is 0 Å². The minimum absolute atomic E-state index is 0.163. The first-order chi connectivity index (χ1) is 8.75. The molecule has 1 unspecified atom stereocenters. The lowest BCUT2D eigenvalue weighted by molar-refractivity contribution is -0.134. The molecular weight excluding hydrogens is 224 g/mol. The van der Waals surface area contributed by atoms with Crippen LogP contribution in [0.4, 0.5) is 0 Å². The largest absolute Gasteiger partial charge is 0.325 e. The number of nitrogens with one attached hydrogen (secondary N) is 1. The van der Waals surface area contributed by atoms with Crippen LogP contribution in [0, 0.1) is 5.92 Å². The lowest BCUT2D eigenvalue weighted by atomic mass is 9.85. The fourth-order valence-corrected chi connectivity index (χ4v) is 3.88. The van der Waals surface area contributed by atoms with Gasteiger partial charge in [0.15, 0.2) is 0 Å². The Morgan fingerprint density at radius 3 is 2.56 bits per heavy atom. The maximum Gasteiger partial charge on any atom is 0.244 e. The fourth-order valence-electron chi connectivity index (χ4n) is 3.88. The molecule has 1 spiro atoms. The van der Waals surface area contributed by atoms with Gasteiger partial charge in [-0.2, -0.15) is 0 Å². The Kier molecular flexibility index (Phi) is 3.35. The van der Waals surface area contributed by atoms with Crippen LogP contribution >= 0.6 is 0 Å². The summed E-state index contributed by atoms with van der Waals surface area (Å²) in [5.74, 6) is 1.21. The molecule has 0 bridgehead atoms. The van der Waals surface area contributed by atoms with E-state index >= 15 is 0 Å². The van der Waals surface area contributed by atoms with Crippen LogP contribution in [0.1, 0.15) is 64.7 Å². The second-order valence-electron chi connectivity index (χ2n) is 6.49. The first kappa shape index (κ1) is 12.5. The molecule has 1 heterocycles. The molecule has 0 aromatic heterocycles. The number of carbonyl (C=O) groups excluding carboxylic acids is 1. The molecule has 3 heteroatoms. The fraction of sp³-hybridized carbons (Fsp3) is 0.933. The zero-order valence-corrected chi connectivity index (χ0v) is 11.6. The number of rotatable bonds is 4. The Labute approximate surface area is 110 Å². The monoisotopic (exact) mass is 250 g/mol. The van der Waals surface area contributed by atoms with Gasteiger partial charge < -0.3 is 4.90 Å². The molecule has 1 N–H and O–H groups in total. The van der Waals surface area contributed by atoms with Gasteiger partial charge in [-0.15, -0.1) is 0 Å². The number of carbonyl (C=O) groups is 1. The smallest absolute Gasteiger partial charge is 0.244 e. The van der Waals surface area contributed by atoms with Crippen LogP contribution in [-0.2, 0) is 4.79 Å². The normalized spacial score (nSPS) is 31.3. The Morgan fingerprint density at radius 2 is 2.00 bits per heavy atom. The zero-order valence-electron chi connectivity index (χ0n) is 11.6. The van der Waals surface area contributed by atoms with Crippen LogP contribution in [-0.4, -0.2) is 29.1 Å². The van der Waals surface area contributed by atoms with Crippen molar-refractivity contribution in [3.05, 3.63) is 0 Å². The lowest BCUT2D eigenvalue weighted by Gasteiger charge is -2.33. The molecule has 102 valence electrons. The van der Waals surface area contributed by atoms with E-state index in [2.05, 4.69) is 17.1 Å². The Bertz CT molecular complexity index is 318. The molecule has 3 nitrogen and oxygen atoms in total. The molecule has 1 aliphatic heterocycles. The summed E-state index contributed by atoms with van der Waals surface area (Å²) in [5, 5.41) is 3.70. The molecule has 18 heavy (non-hydrogen) atoms. The highest BCUT2D eigenvalue weighted by Crippen LogP contribution is 2.39. The maximum atomic E-state index is 12.8. The average molecular weight is 250 g/mol. The van der Waals surface area contributed by atoms with Crippen molar-refractivity contribution >= 4 is 5.91 Å². The Hall–Kier alpha value is -0.570. The summed E-state index contributed by atoms with van der Waals surface area (Å²) in [5.41, 5.74) is -0.163. The molecule has 0 aromatic rings. The molecule has 3 aliphatic rings. The minimum atomic E-state index is -0.163.